The zero-order valence-corrected chi connectivity index (χ0v) is 48.9. The predicted molar refractivity (Wildman–Crippen MR) is 344 cm³/mol. The molecule has 4 aliphatic heterocycles. The maximum atomic E-state index is 7.10. The zero-order chi connectivity index (χ0) is 55.5. The van der Waals surface area contributed by atoms with Gasteiger partial charge in [0, 0.05) is 72.5 Å². The Hall–Kier alpha value is -8.16. The molecule has 17 rings (SSSR count). The van der Waals surface area contributed by atoms with E-state index >= 15 is 0 Å². The molecule has 6 aliphatic rings. The molecular formula is C75H69BN4O2. The summed E-state index contributed by atoms with van der Waals surface area (Å²) < 4.78 is 13.9. The molecule has 0 saturated heterocycles. The third-order valence-electron chi connectivity index (χ3n) is 22.0. The molecule has 6 heterocycles. The second-order valence-electron chi connectivity index (χ2n) is 26.6. The molecule has 11 aromatic rings. The van der Waals surface area contributed by atoms with E-state index in [1.165, 1.54) is 139 Å². The van der Waals surface area contributed by atoms with Crippen molar-refractivity contribution >= 4 is 124 Å². The van der Waals surface area contributed by atoms with Crippen molar-refractivity contribution in [2.24, 2.45) is 0 Å². The third kappa shape index (κ3) is 6.06. The van der Waals surface area contributed by atoms with Crippen LogP contribution in [0.1, 0.15) is 118 Å². The lowest BCUT2D eigenvalue weighted by atomic mass is 9.33. The Morgan fingerprint density at radius 3 is 1.45 bits per heavy atom. The van der Waals surface area contributed by atoms with Crippen LogP contribution < -0.4 is 36.0 Å². The lowest BCUT2D eigenvalue weighted by molar-refractivity contribution is 0.194. The first kappa shape index (κ1) is 48.5. The SMILES string of the molecule is Cc1cc2c3c(c1)N(c1cccc4oc5ccccc5c14)c1cc(N4c5cc(C)cc(C)c5C5(C)CCCCC45C)ccc1B3c1ccc(N3c4cc(C)cc(C)c4C4(C)CCCCC34C)cc1N2c1cccc2c1oc1ccccc12. The molecule has 2 saturated carbocycles. The van der Waals surface area contributed by atoms with Crippen molar-refractivity contribution in [2.75, 3.05) is 19.6 Å². The van der Waals surface area contributed by atoms with E-state index in [1.54, 1.807) is 0 Å². The van der Waals surface area contributed by atoms with Crippen molar-refractivity contribution in [3.8, 4) is 0 Å². The molecule has 0 amide bonds. The van der Waals surface area contributed by atoms with Gasteiger partial charge in [0.05, 0.1) is 27.8 Å². The molecule has 2 aliphatic carbocycles. The summed E-state index contributed by atoms with van der Waals surface area (Å²) in [5, 5.41) is 4.49. The quantitative estimate of drug-likeness (QED) is 0.164. The summed E-state index contributed by atoms with van der Waals surface area (Å²) >= 11 is 0. The number of furan rings is 2. The van der Waals surface area contributed by atoms with Gasteiger partial charge in [-0.05, 0) is 208 Å². The second-order valence-corrected chi connectivity index (χ2v) is 26.6. The molecule has 404 valence electrons. The predicted octanol–water partition coefficient (Wildman–Crippen LogP) is 18.6. The molecule has 2 aromatic heterocycles. The molecule has 82 heavy (non-hydrogen) atoms. The van der Waals surface area contributed by atoms with Crippen molar-refractivity contribution < 1.29 is 8.83 Å². The van der Waals surface area contributed by atoms with E-state index in [-0.39, 0.29) is 28.6 Å². The summed E-state index contributed by atoms with van der Waals surface area (Å²) in [7, 11) is 0. The molecule has 0 bridgehead atoms. The lowest BCUT2D eigenvalue weighted by Crippen LogP contribution is -2.61. The molecule has 4 unspecified atom stereocenters. The van der Waals surface area contributed by atoms with E-state index in [0.717, 1.165) is 68.1 Å². The number of benzene rings is 9. The molecule has 0 N–H and O–H groups in total. The maximum absolute atomic E-state index is 7.10. The number of nitrogens with zero attached hydrogens (tertiary/aromatic N) is 4. The Bertz CT molecular complexity index is 4620. The monoisotopic (exact) mass is 1070 g/mol. The average Bonchev–Trinajstić information content (AvgIpc) is 2.31. The smallest absolute Gasteiger partial charge is 0.252 e. The zero-order valence-electron chi connectivity index (χ0n) is 48.9. The Balaban J connectivity index is 0.970. The first-order valence-electron chi connectivity index (χ1n) is 30.4. The molecule has 0 radical (unpaired) electrons. The highest BCUT2D eigenvalue weighted by molar-refractivity contribution is 7.00. The van der Waals surface area contributed by atoms with Gasteiger partial charge in [-0.3, -0.25) is 0 Å². The van der Waals surface area contributed by atoms with E-state index in [9.17, 15) is 0 Å². The maximum Gasteiger partial charge on any atom is 0.252 e. The van der Waals surface area contributed by atoms with Gasteiger partial charge in [-0.1, -0.05) is 118 Å². The first-order valence-corrected chi connectivity index (χ1v) is 30.4. The van der Waals surface area contributed by atoms with Gasteiger partial charge < -0.3 is 28.4 Å². The van der Waals surface area contributed by atoms with Gasteiger partial charge in [0.2, 0.25) is 0 Å². The summed E-state index contributed by atoms with van der Waals surface area (Å²) in [5.74, 6) is 0. The highest BCUT2D eigenvalue weighted by atomic mass is 16.3. The van der Waals surface area contributed by atoms with E-state index in [0.29, 0.717) is 0 Å². The molecule has 9 aromatic carbocycles. The van der Waals surface area contributed by atoms with Crippen molar-refractivity contribution in [3.05, 3.63) is 197 Å². The standard InChI is InChI=1S/C75H69BN4O2/c1-44-36-47(4)68-60(38-44)79(74(8)34-16-14-32-72(68,74)6)49-28-30-54-58(42-49)77(56-23-19-27-66-67(56)53-21-11-13-26-65(53)81-66)62-40-46(3)41-63-70(62)76(54)55-31-29-50(80-61-39-45(2)37-48(5)69(61)73(7)33-15-17-35-75(73,80)9)43-59(55)78(63)57-24-18-22-52-51-20-10-12-25-64(51)82-71(52)57/h10-13,18-31,36-43H,14-17,32-35H2,1-9H3. The minimum Gasteiger partial charge on any atom is -0.456 e. The molecule has 6 nitrogen and oxygen atoms in total. The van der Waals surface area contributed by atoms with Crippen molar-refractivity contribution in [3.63, 3.8) is 0 Å². The van der Waals surface area contributed by atoms with Crippen LogP contribution in [0.25, 0.3) is 43.9 Å². The Morgan fingerprint density at radius 2 is 0.854 bits per heavy atom. The van der Waals surface area contributed by atoms with Gasteiger partial charge in [-0.25, -0.2) is 0 Å². The van der Waals surface area contributed by atoms with Crippen LogP contribution in [0.4, 0.5) is 56.9 Å². The Labute approximate surface area is 482 Å². The van der Waals surface area contributed by atoms with Crippen LogP contribution in [-0.4, -0.2) is 17.8 Å². The minimum atomic E-state index is -0.122. The van der Waals surface area contributed by atoms with Crippen molar-refractivity contribution in [1.82, 2.24) is 0 Å². The summed E-state index contributed by atoms with van der Waals surface area (Å²) in [6.07, 6.45) is 9.56. The van der Waals surface area contributed by atoms with Crippen LogP contribution in [0.15, 0.2) is 167 Å². The number of aryl methyl sites for hydroxylation is 5. The topological polar surface area (TPSA) is 39.2 Å². The fraction of sp³-hybridized carbons (Fsp3) is 0.280. The van der Waals surface area contributed by atoms with Gasteiger partial charge in [-0.15, -0.1) is 0 Å². The van der Waals surface area contributed by atoms with Crippen LogP contribution >= 0.6 is 0 Å². The number of hydrogen-bond donors (Lipinski definition) is 0. The molecular weight excluding hydrogens is 1000 g/mol. The van der Waals surface area contributed by atoms with Crippen LogP contribution in [0.3, 0.4) is 0 Å². The van der Waals surface area contributed by atoms with E-state index in [2.05, 4.69) is 240 Å². The Morgan fingerprint density at radius 1 is 0.390 bits per heavy atom. The molecule has 7 heteroatoms. The number of rotatable bonds is 4. The van der Waals surface area contributed by atoms with Crippen molar-refractivity contribution in [1.29, 1.82) is 0 Å². The number of hydrogen-bond acceptors (Lipinski definition) is 6. The van der Waals surface area contributed by atoms with Crippen LogP contribution in [-0.2, 0) is 10.8 Å². The normalized spacial score (nSPS) is 23.1. The highest BCUT2D eigenvalue weighted by Crippen LogP contribution is 2.64. The van der Waals surface area contributed by atoms with Gasteiger partial charge >= 0.3 is 0 Å². The van der Waals surface area contributed by atoms with Crippen LogP contribution in [0, 0.1) is 34.6 Å². The van der Waals surface area contributed by atoms with Gasteiger partial charge in [0.25, 0.3) is 6.71 Å². The number of anilines is 10. The molecule has 0 spiro atoms. The average molecular weight is 1070 g/mol. The highest BCUT2D eigenvalue weighted by Gasteiger charge is 2.60. The number of fused-ring (bicyclic) bond motifs is 16. The Kier molecular flexibility index (Phi) is 9.78. The van der Waals surface area contributed by atoms with Crippen LogP contribution in [0.5, 0.6) is 0 Å². The third-order valence-corrected chi connectivity index (χ3v) is 22.0. The number of para-hydroxylation sites is 3. The lowest BCUT2D eigenvalue weighted by Gasteiger charge is -2.51. The van der Waals surface area contributed by atoms with E-state index in [4.69, 9.17) is 8.83 Å². The molecule has 4 atom stereocenters. The van der Waals surface area contributed by atoms with Gasteiger partial charge in [0.15, 0.2) is 5.58 Å². The summed E-state index contributed by atoms with van der Waals surface area (Å²) in [6, 6.07) is 60.5. The summed E-state index contributed by atoms with van der Waals surface area (Å²) in [5.41, 5.74) is 29.0. The van der Waals surface area contributed by atoms with Crippen LogP contribution in [0.2, 0.25) is 0 Å². The van der Waals surface area contributed by atoms with E-state index < -0.39 is 0 Å². The fourth-order valence-electron chi connectivity index (χ4n) is 18.3. The van der Waals surface area contributed by atoms with Gasteiger partial charge in [0.1, 0.15) is 16.7 Å². The largest absolute Gasteiger partial charge is 0.456 e. The summed E-state index contributed by atoms with van der Waals surface area (Å²) in [4.78, 5) is 10.8. The second kappa shape index (κ2) is 16.5. The first-order chi connectivity index (χ1) is 39.7. The van der Waals surface area contributed by atoms with Crippen molar-refractivity contribution in [2.45, 2.75) is 136 Å². The molecule has 2 fully saturated rings. The van der Waals surface area contributed by atoms with Gasteiger partial charge in [-0.2, -0.15) is 0 Å². The fourth-order valence-corrected chi connectivity index (χ4v) is 18.3. The van der Waals surface area contributed by atoms with E-state index in [1.807, 2.05) is 0 Å². The summed E-state index contributed by atoms with van der Waals surface area (Å²) in [6.45, 7) is 21.8. The minimum absolute atomic E-state index is 0.000569.